The van der Waals surface area contributed by atoms with E-state index in [1.165, 1.54) is 0 Å². The molecule has 15 heavy (non-hydrogen) atoms. The summed E-state index contributed by atoms with van der Waals surface area (Å²) >= 11 is 0. The first-order valence-electron chi connectivity index (χ1n) is 5.78. The van der Waals surface area contributed by atoms with E-state index in [-0.39, 0.29) is 11.4 Å². The largest absolute Gasteiger partial charge is 0.377 e. The summed E-state index contributed by atoms with van der Waals surface area (Å²) in [6.07, 6.45) is 5.86. The van der Waals surface area contributed by atoms with Crippen molar-refractivity contribution in [3.05, 3.63) is 0 Å². The van der Waals surface area contributed by atoms with E-state index < -0.39 is 10.0 Å². The number of rotatable bonds is 4. The zero-order valence-corrected chi connectivity index (χ0v) is 9.76. The molecule has 0 aromatic heterocycles. The molecule has 2 aliphatic rings. The van der Waals surface area contributed by atoms with Crippen molar-refractivity contribution in [1.29, 1.82) is 0 Å². The molecule has 5 heteroatoms. The first kappa shape index (κ1) is 11.4. The topological polar surface area (TPSA) is 55.4 Å². The van der Waals surface area contributed by atoms with Crippen molar-refractivity contribution >= 4 is 10.0 Å². The molecule has 1 heterocycles. The highest BCUT2D eigenvalue weighted by Crippen LogP contribution is 2.24. The molecule has 1 aliphatic heterocycles. The Morgan fingerprint density at radius 2 is 1.87 bits per heavy atom. The smallest absolute Gasteiger partial charge is 0.214 e. The van der Waals surface area contributed by atoms with Crippen LogP contribution in [0.4, 0.5) is 0 Å². The van der Waals surface area contributed by atoms with Crippen LogP contribution in [0.2, 0.25) is 0 Å². The van der Waals surface area contributed by atoms with Crippen molar-refractivity contribution in [1.82, 2.24) is 4.72 Å². The summed E-state index contributed by atoms with van der Waals surface area (Å²) in [7, 11) is -3.08. The van der Waals surface area contributed by atoms with Crippen molar-refractivity contribution in [2.45, 2.75) is 49.9 Å². The van der Waals surface area contributed by atoms with Gasteiger partial charge in [-0.1, -0.05) is 12.8 Å². The van der Waals surface area contributed by atoms with Crippen LogP contribution >= 0.6 is 0 Å². The van der Waals surface area contributed by atoms with E-state index in [2.05, 4.69) is 4.72 Å². The van der Waals surface area contributed by atoms with E-state index in [9.17, 15) is 8.42 Å². The molecule has 0 unspecified atom stereocenters. The van der Waals surface area contributed by atoms with Gasteiger partial charge in [-0.25, -0.2) is 13.1 Å². The van der Waals surface area contributed by atoms with Crippen LogP contribution in [0, 0.1) is 0 Å². The highest BCUT2D eigenvalue weighted by atomic mass is 32.2. The van der Waals surface area contributed by atoms with Gasteiger partial charge in [0.15, 0.2) is 0 Å². The first-order valence-corrected chi connectivity index (χ1v) is 7.33. The van der Waals surface area contributed by atoms with Crippen molar-refractivity contribution in [2.75, 3.05) is 13.2 Å². The zero-order valence-electron chi connectivity index (χ0n) is 8.94. The van der Waals surface area contributed by atoms with Crippen molar-refractivity contribution < 1.29 is 13.2 Å². The quantitative estimate of drug-likeness (QED) is 0.789. The Kier molecular flexibility index (Phi) is 3.64. The molecule has 0 spiro atoms. The van der Waals surface area contributed by atoms with E-state index >= 15 is 0 Å². The van der Waals surface area contributed by atoms with Crippen LogP contribution < -0.4 is 4.72 Å². The molecule has 0 bridgehead atoms. The maximum Gasteiger partial charge on any atom is 0.214 e. The van der Waals surface area contributed by atoms with Gasteiger partial charge in [0.05, 0.1) is 11.4 Å². The summed E-state index contributed by atoms with van der Waals surface area (Å²) in [6, 6.07) is 0. The predicted octanol–water partition coefficient (Wildman–Crippen LogP) is 1.03. The molecule has 0 aromatic carbocycles. The van der Waals surface area contributed by atoms with Gasteiger partial charge in [0, 0.05) is 13.2 Å². The van der Waals surface area contributed by atoms with E-state index in [0.717, 1.165) is 45.1 Å². The molecule has 1 aliphatic carbocycles. The highest BCUT2D eigenvalue weighted by Gasteiger charge is 2.29. The minimum Gasteiger partial charge on any atom is -0.377 e. The number of sulfonamides is 1. The molecular weight excluding hydrogens is 214 g/mol. The fourth-order valence-corrected chi connectivity index (χ4v) is 3.94. The molecule has 2 fully saturated rings. The number of nitrogens with one attached hydrogen (secondary N) is 1. The fourth-order valence-electron chi connectivity index (χ4n) is 2.33. The summed E-state index contributed by atoms with van der Waals surface area (Å²) in [6.45, 7) is 1.23. The van der Waals surface area contributed by atoms with Crippen LogP contribution in [0.3, 0.4) is 0 Å². The van der Waals surface area contributed by atoms with E-state index in [0.29, 0.717) is 6.54 Å². The Labute approximate surface area is 91.4 Å². The Hall–Kier alpha value is -0.130. The van der Waals surface area contributed by atoms with Crippen LogP contribution in [0.1, 0.15) is 38.5 Å². The Morgan fingerprint density at radius 1 is 1.13 bits per heavy atom. The summed E-state index contributed by atoms with van der Waals surface area (Å²) < 4.78 is 31.7. The molecular formula is C10H19NO3S. The third-order valence-electron chi connectivity index (χ3n) is 3.28. The standard InChI is InChI=1S/C10H19NO3S/c12-15(13,10-5-1-2-6-10)11-8-9-4-3-7-14-9/h9-11H,1-8H2/t9-/m0/s1. The Bertz CT molecular complexity index is 290. The van der Waals surface area contributed by atoms with Gasteiger partial charge in [-0.15, -0.1) is 0 Å². The molecule has 0 radical (unpaired) electrons. The van der Waals surface area contributed by atoms with E-state index in [4.69, 9.17) is 4.74 Å². The van der Waals surface area contributed by atoms with Gasteiger partial charge in [0.2, 0.25) is 10.0 Å². The van der Waals surface area contributed by atoms with Gasteiger partial charge in [-0.05, 0) is 25.7 Å². The molecule has 1 saturated heterocycles. The number of hydrogen-bond acceptors (Lipinski definition) is 3. The third-order valence-corrected chi connectivity index (χ3v) is 5.20. The average Bonchev–Trinajstić information content (AvgIpc) is 2.88. The van der Waals surface area contributed by atoms with Gasteiger partial charge < -0.3 is 4.74 Å². The van der Waals surface area contributed by atoms with Crippen LogP contribution in [0.5, 0.6) is 0 Å². The molecule has 4 nitrogen and oxygen atoms in total. The van der Waals surface area contributed by atoms with Crippen LogP contribution in [-0.2, 0) is 14.8 Å². The lowest BCUT2D eigenvalue weighted by Crippen LogP contribution is -2.37. The van der Waals surface area contributed by atoms with Crippen LogP contribution in [-0.4, -0.2) is 32.9 Å². The minimum atomic E-state index is -3.08. The monoisotopic (exact) mass is 233 g/mol. The number of ether oxygens (including phenoxy) is 1. The zero-order chi connectivity index (χ0) is 10.7. The second kappa shape index (κ2) is 4.80. The molecule has 0 amide bonds. The summed E-state index contributed by atoms with van der Waals surface area (Å²) in [5.74, 6) is 0. The van der Waals surface area contributed by atoms with Gasteiger partial charge in [-0.3, -0.25) is 0 Å². The second-order valence-electron chi connectivity index (χ2n) is 4.43. The van der Waals surface area contributed by atoms with E-state index in [1.54, 1.807) is 0 Å². The number of hydrogen-bond donors (Lipinski definition) is 1. The molecule has 0 aromatic rings. The molecule has 2 rings (SSSR count). The van der Waals surface area contributed by atoms with Crippen molar-refractivity contribution in [3.8, 4) is 0 Å². The molecule has 1 N–H and O–H groups in total. The highest BCUT2D eigenvalue weighted by molar-refractivity contribution is 7.90. The molecule has 1 atom stereocenters. The predicted molar refractivity (Wildman–Crippen MR) is 58.2 cm³/mol. The Balaban J connectivity index is 1.81. The van der Waals surface area contributed by atoms with Crippen LogP contribution in [0.15, 0.2) is 0 Å². The normalized spacial score (nSPS) is 28.7. The molecule has 1 saturated carbocycles. The van der Waals surface area contributed by atoms with Crippen LogP contribution in [0.25, 0.3) is 0 Å². The van der Waals surface area contributed by atoms with Gasteiger partial charge in [-0.2, -0.15) is 0 Å². The fraction of sp³-hybridized carbons (Fsp3) is 1.00. The van der Waals surface area contributed by atoms with Gasteiger partial charge in [0.25, 0.3) is 0 Å². The lowest BCUT2D eigenvalue weighted by Gasteiger charge is -2.15. The summed E-state index contributed by atoms with van der Waals surface area (Å²) in [5.41, 5.74) is 0. The Morgan fingerprint density at radius 3 is 2.47 bits per heavy atom. The third kappa shape index (κ3) is 2.92. The van der Waals surface area contributed by atoms with Gasteiger partial charge >= 0.3 is 0 Å². The van der Waals surface area contributed by atoms with E-state index in [1.807, 2.05) is 0 Å². The lowest BCUT2D eigenvalue weighted by atomic mass is 10.2. The maximum atomic E-state index is 11.8. The lowest BCUT2D eigenvalue weighted by molar-refractivity contribution is 0.114. The summed E-state index contributed by atoms with van der Waals surface area (Å²) in [5, 5.41) is -0.154. The van der Waals surface area contributed by atoms with Crippen molar-refractivity contribution in [3.63, 3.8) is 0 Å². The first-order chi connectivity index (χ1) is 7.18. The van der Waals surface area contributed by atoms with Gasteiger partial charge in [0.1, 0.15) is 0 Å². The summed E-state index contributed by atoms with van der Waals surface area (Å²) in [4.78, 5) is 0. The maximum absolute atomic E-state index is 11.8. The van der Waals surface area contributed by atoms with Crippen molar-refractivity contribution in [2.24, 2.45) is 0 Å². The average molecular weight is 233 g/mol. The second-order valence-corrected chi connectivity index (χ2v) is 6.48. The SMILES string of the molecule is O=S(=O)(NC[C@@H]1CCCO1)C1CCCC1. The minimum absolute atomic E-state index is 0.0983. The molecule has 88 valence electrons.